The summed E-state index contributed by atoms with van der Waals surface area (Å²) >= 11 is 0. The van der Waals surface area contributed by atoms with Crippen LogP contribution in [0.4, 0.5) is 4.39 Å². The van der Waals surface area contributed by atoms with Gasteiger partial charge in [-0.05, 0) is 35.4 Å². The fourth-order valence-electron chi connectivity index (χ4n) is 2.56. The second-order valence-corrected chi connectivity index (χ2v) is 5.11. The number of aromatic nitrogens is 2. The van der Waals surface area contributed by atoms with Crippen LogP contribution in [-0.2, 0) is 14.1 Å². The van der Waals surface area contributed by atoms with Gasteiger partial charge in [-0.1, -0.05) is 18.2 Å². The summed E-state index contributed by atoms with van der Waals surface area (Å²) in [5.74, 6) is -0.389. The third-order valence-corrected chi connectivity index (χ3v) is 3.78. The number of benzene rings is 2. The van der Waals surface area contributed by atoms with Gasteiger partial charge in [0.1, 0.15) is 11.9 Å². The molecule has 1 aromatic heterocycles. The van der Waals surface area contributed by atoms with Crippen LogP contribution in [0.15, 0.2) is 47.3 Å². The Morgan fingerprint density at radius 3 is 2.38 bits per heavy atom. The molecule has 0 saturated carbocycles. The number of fused-ring (bicyclic) bond motifs is 1. The highest BCUT2D eigenvalue weighted by atomic mass is 19.1. The number of halogens is 1. The summed E-state index contributed by atoms with van der Waals surface area (Å²) in [5, 5.41) is 10.4. The number of aryl methyl sites for hydroxylation is 2. The van der Waals surface area contributed by atoms with Crippen molar-refractivity contribution in [3.05, 3.63) is 69.9 Å². The van der Waals surface area contributed by atoms with Crippen molar-refractivity contribution in [3.8, 4) is 0 Å². The molecular formula is C16H15FN2O2. The van der Waals surface area contributed by atoms with E-state index >= 15 is 0 Å². The van der Waals surface area contributed by atoms with E-state index in [1.165, 1.54) is 16.7 Å². The van der Waals surface area contributed by atoms with Gasteiger partial charge in [0, 0.05) is 14.1 Å². The van der Waals surface area contributed by atoms with Crippen LogP contribution in [0.5, 0.6) is 0 Å². The molecule has 0 aliphatic rings. The molecule has 21 heavy (non-hydrogen) atoms. The Bertz CT molecular complexity index is 880. The third kappa shape index (κ3) is 2.15. The maximum absolute atomic E-state index is 13.3. The first-order valence-electron chi connectivity index (χ1n) is 6.58. The molecule has 0 amide bonds. The van der Waals surface area contributed by atoms with Crippen LogP contribution in [0.3, 0.4) is 0 Å². The van der Waals surface area contributed by atoms with Gasteiger partial charge in [-0.25, -0.2) is 9.18 Å². The molecule has 0 aliphatic carbocycles. The lowest BCUT2D eigenvalue weighted by Gasteiger charge is -2.12. The van der Waals surface area contributed by atoms with Gasteiger partial charge in [0.2, 0.25) is 0 Å². The summed E-state index contributed by atoms with van der Waals surface area (Å²) in [6.45, 7) is 0. The third-order valence-electron chi connectivity index (χ3n) is 3.78. The molecule has 0 bridgehead atoms. The summed E-state index contributed by atoms with van der Waals surface area (Å²) < 4.78 is 16.3. The minimum absolute atomic E-state index is 0.123. The van der Waals surface area contributed by atoms with Gasteiger partial charge < -0.3 is 5.11 Å². The lowest BCUT2D eigenvalue weighted by molar-refractivity contribution is 0.220. The molecule has 0 fully saturated rings. The number of hydrogen-bond acceptors (Lipinski definition) is 2. The summed E-state index contributed by atoms with van der Waals surface area (Å²) in [6.07, 6.45) is -0.930. The van der Waals surface area contributed by atoms with E-state index in [1.54, 1.807) is 49.0 Å². The molecule has 3 aromatic rings. The van der Waals surface area contributed by atoms with Crippen molar-refractivity contribution in [2.24, 2.45) is 14.1 Å². The second kappa shape index (κ2) is 4.86. The molecule has 1 unspecified atom stereocenters. The zero-order valence-electron chi connectivity index (χ0n) is 11.7. The molecule has 0 spiro atoms. The number of imidazole rings is 1. The summed E-state index contributed by atoms with van der Waals surface area (Å²) in [6, 6.07) is 11.2. The molecule has 0 aliphatic heterocycles. The Morgan fingerprint density at radius 2 is 1.67 bits per heavy atom. The minimum atomic E-state index is -0.930. The largest absolute Gasteiger partial charge is 0.384 e. The molecule has 1 N–H and O–H groups in total. The number of nitrogens with zero attached hydrogens (tertiary/aromatic N) is 2. The maximum Gasteiger partial charge on any atom is 0.328 e. The van der Waals surface area contributed by atoms with Crippen molar-refractivity contribution >= 4 is 11.0 Å². The molecule has 0 saturated heterocycles. The van der Waals surface area contributed by atoms with E-state index < -0.39 is 6.10 Å². The normalized spacial score (nSPS) is 12.8. The Morgan fingerprint density at radius 1 is 1.00 bits per heavy atom. The van der Waals surface area contributed by atoms with Gasteiger partial charge in [0.15, 0.2) is 0 Å². The standard InChI is InChI=1S/C16H15FN2O2/c1-18-13-7-6-11(9-14(13)19(2)16(18)21)15(20)10-4-3-5-12(17)8-10/h3-9,15,20H,1-2H3. The van der Waals surface area contributed by atoms with Gasteiger partial charge in [0.05, 0.1) is 11.0 Å². The van der Waals surface area contributed by atoms with E-state index in [9.17, 15) is 14.3 Å². The first-order valence-corrected chi connectivity index (χ1v) is 6.58. The Kier molecular flexibility index (Phi) is 3.14. The molecule has 3 rings (SSSR count). The molecule has 108 valence electrons. The van der Waals surface area contributed by atoms with Crippen LogP contribution in [0, 0.1) is 5.82 Å². The zero-order valence-corrected chi connectivity index (χ0v) is 11.7. The molecule has 4 nitrogen and oxygen atoms in total. The molecule has 5 heteroatoms. The predicted molar refractivity (Wildman–Crippen MR) is 78.6 cm³/mol. The quantitative estimate of drug-likeness (QED) is 0.784. The van der Waals surface area contributed by atoms with E-state index in [0.717, 1.165) is 11.0 Å². The number of hydrogen-bond donors (Lipinski definition) is 1. The number of aliphatic hydroxyl groups is 1. The van der Waals surface area contributed by atoms with E-state index in [0.29, 0.717) is 11.1 Å². The van der Waals surface area contributed by atoms with E-state index in [4.69, 9.17) is 0 Å². The van der Waals surface area contributed by atoms with Crippen molar-refractivity contribution < 1.29 is 9.50 Å². The summed E-state index contributed by atoms with van der Waals surface area (Å²) in [7, 11) is 3.39. The van der Waals surface area contributed by atoms with Gasteiger partial charge in [-0.3, -0.25) is 9.13 Å². The van der Waals surface area contributed by atoms with Gasteiger partial charge >= 0.3 is 5.69 Å². The average molecular weight is 286 g/mol. The predicted octanol–water partition coefficient (Wildman–Crippen LogP) is 2.10. The average Bonchev–Trinajstić information content (AvgIpc) is 2.71. The van der Waals surface area contributed by atoms with E-state index in [-0.39, 0.29) is 11.5 Å². The molecule has 1 atom stereocenters. The SMILES string of the molecule is Cn1c(=O)n(C)c2cc(C(O)c3cccc(F)c3)ccc21. The lowest BCUT2D eigenvalue weighted by atomic mass is 10.0. The van der Waals surface area contributed by atoms with E-state index in [2.05, 4.69) is 0 Å². The highest BCUT2D eigenvalue weighted by Gasteiger charge is 2.14. The highest BCUT2D eigenvalue weighted by Crippen LogP contribution is 2.25. The maximum atomic E-state index is 13.3. The molecule has 2 aromatic carbocycles. The van der Waals surface area contributed by atoms with Crippen molar-refractivity contribution in [2.45, 2.75) is 6.10 Å². The fraction of sp³-hybridized carbons (Fsp3) is 0.188. The first-order chi connectivity index (χ1) is 9.99. The topological polar surface area (TPSA) is 47.2 Å². The van der Waals surface area contributed by atoms with Crippen LogP contribution in [0.1, 0.15) is 17.2 Å². The first kappa shape index (κ1) is 13.6. The number of rotatable bonds is 2. The number of aliphatic hydroxyl groups excluding tert-OH is 1. The summed E-state index contributed by atoms with van der Waals surface area (Å²) in [4.78, 5) is 11.9. The van der Waals surface area contributed by atoms with Crippen LogP contribution < -0.4 is 5.69 Å². The monoisotopic (exact) mass is 286 g/mol. The van der Waals surface area contributed by atoms with E-state index in [1.807, 2.05) is 0 Å². The summed E-state index contributed by atoms with van der Waals surface area (Å²) in [5.41, 5.74) is 2.50. The Hall–Kier alpha value is -2.40. The molecule has 0 radical (unpaired) electrons. The zero-order chi connectivity index (χ0) is 15.1. The van der Waals surface area contributed by atoms with Crippen molar-refractivity contribution in [1.82, 2.24) is 9.13 Å². The minimum Gasteiger partial charge on any atom is -0.384 e. The Labute approximate surface area is 120 Å². The molecule has 1 heterocycles. The van der Waals surface area contributed by atoms with Gasteiger partial charge in [-0.15, -0.1) is 0 Å². The Balaban J connectivity index is 2.13. The van der Waals surface area contributed by atoms with Crippen LogP contribution in [0.25, 0.3) is 11.0 Å². The van der Waals surface area contributed by atoms with Crippen LogP contribution in [-0.4, -0.2) is 14.2 Å². The van der Waals surface area contributed by atoms with Crippen molar-refractivity contribution in [1.29, 1.82) is 0 Å². The smallest absolute Gasteiger partial charge is 0.328 e. The van der Waals surface area contributed by atoms with Gasteiger partial charge in [0.25, 0.3) is 0 Å². The fourth-order valence-corrected chi connectivity index (χ4v) is 2.56. The lowest BCUT2D eigenvalue weighted by Crippen LogP contribution is -2.19. The van der Waals surface area contributed by atoms with Crippen molar-refractivity contribution in [3.63, 3.8) is 0 Å². The molecular weight excluding hydrogens is 271 g/mol. The van der Waals surface area contributed by atoms with Crippen molar-refractivity contribution in [2.75, 3.05) is 0 Å². The van der Waals surface area contributed by atoms with Crippen LogP contribution in [0.2, 0.25) is 0 Å². The van der Waals surface area contributed by atoms with Gasteiger partial charge in [-0.2, -0.15) is 0 Å². The second-order valence-electron chi connectivity index (χ2n) is 5.11. The van der Waals surface area contributed by atoms with Crippen LogP contribution >= 0.6 is 0 Å². The highest BCUT2D eigenvalue weighted by molar-refractivity contribution is 5.77.